The number of ether oxygens (including phenoxy) is 2. The van der Waals surface area contributed by atoms with Gasteiger partial charge in [-0.3, -0.25) is 14.9 Å². The number of nitrogens with zero attached hydrogens (tertiary/aromatic N) is 3. The Balaban J connectivity index is 1.13. The van der Waals surface area contributed by atoms with Crippen molar-refractivity contribution >= 4 is 39.6 Å². The molecule has 0 aliphatic carbocycles. The Bertz CT molecular complexity index is 1560. The molecule has 1 atom stereocenters. The maximum atomic E-state index is 12.1. The van der Waals surface area contributed by atoms with E-state index in [1.807, 2.05) is 66.2 Å². The van der Waals surface area contributed by atoms with Gasteiger partial charge in [0, 0.05) is 26.2 Å². The molecule has 4 aromatic rings. The Morgan fingerprint density at radius 2 is 1.73 bits per heavy atom. The van der Waals surface area contributed by atoms with Crippen molar-refractivity contribution in [2.75, 3.05) is 18.0 Å². The van der Waals surface area contributed by atoms with E-state index >= 15 is 0 Å². The summed E-state index contributed by atoms with van der Waals surface area (Å²) in [4.78, 5) is 30.9. The van der Waals surface area contributed by atoms with E-state index in [4.69, 9.17) is 14.5 Å². The topological polar surface area (TPSA) is 85.7 Å². The summed E-state index contributed by atoms with van der Waals surface area (Å²) in [6, 6.07) is 21.8. The van der Waals surface area contributed by atoms with Gasteiger partial charge < -0.3 is 18.9 Å². The van der Waals surface area contributed by atoms with Crippen molar-refractivity contribution < 1.29 is 19.1 Å². The first-order valence-corrected chi connectivity index (χ1v) is 14.4. The highest BCUT2D eigenvalue weighted by atomic mass is 32.2. The molecule has 206 valence electrons. The monoisotopic (exact) mass is 556 g/mol. The van der Waals surface area contributed by atoms with Gasteiger partial charge in [0.15, 0.2) is 5.75 Å². The first-order valence-electron chi connectivity index (χ1n) is 13.6. The van der Waals surface area contributed by atoms with Crippen molar-refractivity contribution in [3.8, 4) is 17.2 Å². The van der Waals surface area contributed by atoms with Crippen LogP contribution in [0.4, 0.5) is 10.5 Å². The van der Waals surface area contributed by atoms with Crippen LogP contribution in [0, 0.1) is 0 Å². The SMILES string of the molecule is Cn1c(COc2ccc(CC3(C)SC(=O)NC3=O)cc2)nc2ccc(Oc3ccccc3N3CCCCC3)cc21. The molecule has 1 aromatic heterocycles. The fraction of sp³-hybridized carbons (Fsp3) is 0.323. The molecule has 1 N–H and O–H groups in total. The van der Waals surface area contributed by atoms with Gasteiger partial charge in [-0.1, -0.05) is 24.3 Å². The van der Waals surface area contributed by atoms with Crippen LogP contribution in [-0.2, 0) is 24.9 Å². The molecule has 0 bridgehead atoms. The summed E-state index contributed by atoms with van der Waals surface area (Å²) in [5, 5.41) is 2.07. The van der Waals surface area contributed by atoms with Gasteiger partial charge in [-0.05, 0) is 86.3 Å². The number of benzene rings is 3. The van der Waals surface area contributed by atoms with Gasteiger partial charge in [-0.15, -0.1) is 0 Å². The zero-order valence-corrected chi connectivity index (χ0v) is 23.5. The summed E-state index contributed by atoms with van der Waals surface area (Å²) in [6.45, 7) is 4.22. The lowest BCUT2D eigenvalue weighted by atomic mass is 9.99. The highest BCUT2D eigenvalue weighted by molar-refractivity contribution is 8.16. The van der Waals surface area contributed by atoms with E-state index in [2.05, 4.69) is 22.3 Å². The van der Waals surface area contributed by atoms with Gasteiger partial charge in [-0.25, -0.2) is 4.98 Å². The number of anilines is 1. The normalized spacial score (nSPS) is 19.2. The van der Waals surface area contributed by atoms with E-state index in [1.165, 1.54) is 19.3 Å². The van der Waals surface area contributed by atoms with Gasteiger partial charge in [0.05, 0.1) is 16.7 Å². The lowest BCUT2D eigenvalue weighted by Crippen LogP contribution is -2.35. The summed E-state index contributed by atoms with van der Waals surface area (Å²) < 4.78 is 13.7. The average molecular weight is 557 g/mol. The van der Waals surface area contributed by atoms with E-state index in [9.17, 15) is 9.59 Å². The molecule has 2 saturated heterocycles. The van der Waals surface area contributed by atoms with Crippen LogP contribution >= 0.6 is 11.8 Å². The molecule has 0 spiro atoms. The van der Waals surface area contributed by atoms with E-state index < -0.39 is 4.75 Å². The molecule has 0 saturated carbocycles. The van der Waals surface area contributed by atoms with Crippen LogP contribution in [0.3, 0.4) is 0 Å². The van der Waals surface area contributed by atoms with Crippen molar-refractivity contribution in [3.05, 3.63) is 78.1 Å². The van der Waals surface area contributed by atoms with Crippen molar-refractivity contribution in [2.24, 2.45) is 7.05 Å². The van der Waals surface area contributed by atoms with Crippen molar-refractivity contribution in [2.45, 2.75) is 44.0 Å². The molecule has 0 radical (unpaired) electrons. The lowest BCUT2D eigenvalue weighted by molar-refractivity contribution is -0.121. The molecule has 8 nitrogen and oxygen atoms in total. The van der Waals surface area contributed by atoms with Gasteiger partial charge in [0.2, 0.25) is 5.91 Å². The number of aromatic nitrogens is 2. The maximum absolute atomic E-state index is 12.1. The molecule has 2 fully saturated rings. The summed E-state index contributed by atoms with van der Waals surface area (Å²) in [7, 11) is 1.98. The Kier molecular flexibility index (Phi) is 7.14. The van der Waals surface area contributed by atoms with Crippen LogP contribution in [0.25, 0.3) is 11.0 Å². The number of carbonyl (C=O) groups excluding carboxylic acids is 2. The van der Waals surface area contributed by atoms with Crippen LogP contribution in [0.15, 0.2) is 66.7 Å². The minimum absolute atomic E-state index is 0.246. The number of imidazole rings is 1. The zero-order valence-electron chi connectivity index (χ0n) is 22.7. The number of thioether (sulfide) groups is 1. The molecule has 2 aliphatic heterocycles. The first-order chi connectivity index (χ1) is 19.4. The van der Waals surface area contributed by atoms with Crippen LogP contribution < -0.4 is 19.7 Å². The van der Waals surface area contributed by atoms with Crippen molar-refractivity contribution in [3.63, 3.8) is 0 Å². The number of hydrogen-bond donors (Lipinski definition) is 1. The molecule has 9 heteroatoms. The van der Waals surface area contributed by atoms with Gasteiger partial charge in [-0.2, -0.15) is 0 Å². The number of imide groups is 1. The minimum Gasteiger partial charge on any atom is -0.486 e. The first kappa shape index (κ1) is 26.3. The Labute approximate surface area is 237 Å². The number of fused-ring (bicyclic) bond motifs is 1. The van der Waals surface area contributed by atoms with E-state index in [-0.39, 0.29) is 11.1 Å². The molecule has 40 heavy (non-hydrogen) atoms. The molecular weight excluding hydrogens is 524 g/mol. The number of hydrogen-bond acceptors (Lipinski definition) is 7. The number of piperidine rings is 1. The third-order valence-corrected chi connectivity index (χ3v) is 8.65. The van der Waals surface area contributed by atoms with Gasteiger partial charge >= 0.3 is 0 Å². The van der Waals surface area contributed by atoms with E-state index in [0.29, 0.717) is 18.8 Å². The van der Waals surface area contributed by atoms with Crippen molar-refractivity contribution in [1.82, 2.24) is 14.9 Å². The van der Waals surface area contributed by atoms with Crippen LogP contribution in [0.1, 0.15) is 37.6 Å². The second kappa shape index (κ2) is 10.9. The van der Waals surface area contributed by atoms with Crippen LogP contribution in [0.2, 0.25) is 0 Å². The summed E-state index contributed by atoms with van der Waals surface area (Å²) in [5.74, 6) is 2.90. The lowest BCUT2D eigenvalue weighted by Gasteiger charge is -2.30. The highest BCUT2D eigenvalue weighted by Crippen LogP contribution is 2.36. The number of aryl methyl sites for hydroxylation is 1. The number of rotatable bonds is 8. The Morgan fingerprint density at radius 3 is 2.48 bits per heavy atom. The maximum Gasteiger partial charge on any atom is 0.286 e. The Hall–Kier alpha value is -3.98. The Morgan fingerprint density at radius 1 is 0.975 bits per heavy atom. The second-order valence-corrected chi connectivity index (χ2v) is 12.0. The molecule has 3 aromatic carbocycles. The molecule has 3 heterocycles. The van der Waals surface area contributed by atoms with Gasteiger partial charge in [0.25, 0.3) is 5.24 Å². The largest absolute Gasteiger partial charge is 0.486 e. The third-order valence-electron chi connectivity index (χ3n) is 7.58. The number of nitrogens with one attached hydrogen (secondary N) is 1. The smallest absolute Gasteiger partial charge is 0.286 e. The van der Waals surface area contributed by atoms with Crippen molar-refractivity contribution in [1.29, 1.82) is 0 Å². The van der Waals surface area contributed by atoms with E-state index in [1.54, 1.807) is 6.92 Å². The quantitative estimate of drug-likeness (QED) is 0.276. The molecule has 1 unspecified atom stereocenters. The summed E-state index contributed by atoms with van der Waals surface area (Å²) >= 11 is 1.04. The summed E-state index contributed by atoms with van der Waals surface area (Å²) in [6.07, 6.45) is 4.18. The van der Waals surface area contributed by atoms with Crippen LogP contribution in [0.5, 0.6) is 17.2 Å². The minimum atomic E-state index is -0.787. The highest BCUT2D eigenvalue weighted by Gasteiger charge is 2.43. The number of para-hydroxylation sites is 2. The number of amides is 2. The number of carbonyl (C=O) groups is 2. The molecule has 6 rings (SSSR count). The molecule has 2 aliphatic rings. The van der Waals surface area contributed by atoms with Gasteiger partial charge in [0.1, 0.15) is 28.7 Å². The predicted octanol–water partition coefficient (Wildman–Crippen LogP) is 6.22. The molecular formula is C31H32N4O4S. The fourth-order valence-corrected chi connectivity index (χ4v) is 6.27. The summed E-state index contributed by atoms with van der Waals surface area (Å²) in [5.41, 5.74) is 3.95. The standard InChI is InChI=1S/C31H32N4O4S/c1-31(29(36)33-30(37)40-31)19-21-10-12-22(13-11-21)38-20-28-32-24-15-14-23(18-26(24)34(28)2)39-27-9-5-4-8-25(27)35-16-6-3-7-17-35/h4-5,8-15,18H,3,6-7,16-17,19-20H2,1-2H3,(H,33,36,37). The average Bonchev–Trinajstić information content (AvgIpc) is 3.41. The third kappa shape index (κ3) is 5.38. The predicted molar refractivity (Wildman–Crippen MR) is 157 cm³/mol. The molecule has 2 amide bonds. The fourth-order valence-electron chi connectivity index (χ4n) is 5.34. The second-order valence-electron chi connectivity index (χ2n) is 10.5. The van der Waals surface area contributed by atoms with E-state index in [0.717, 1.165) is 64.5 Å². The zero-order chi connectivity index (χ0) is 27.7. The van der Waals surface area contributed by atoms with Crippen LogP contribution in [-0.4, -0.2) is 38.5 Å².